The topological polar surface area (TPSA) is 58.3 Å². The minimum absolute atomic E-state index is 0.488. The second-order valence-corrected chi connectivity index (χ2v) is 9.86. The molecule has 1 aromatic carbocycles. The molecular formula is C25H28N6. The van der Waals surface area contributed by atoms with E-state index in [1.54, 1.807) is 0 Å². The molecule has 6 nitrogen and oxygen atoms in total. The minimum Gasteiger partial charge on any atom is -0.350 e. The first-order valence-electron chi connectivity index (χ1n) is 11.3. The molecule has 4 heterocycles. The number of pyridine rings is 1. The van der Waals surface area contributed by atoms with Crippen LogP contribution in [0.25, 0.3) is 27.5 Å². The van der Waals surface area contributed by atoms with Crippen molar-refractivity contribution in [2.75, 3.05) is 25.0 Å². The smallest absolute Gasteiger partial charge is 0.241 e. The summed E-state index contributed by atoms with van der Waals surface area (Å²) in [5.41, 5.74) is 4.86. The number of anilines is 1. The minimum atomic E-state index is 0.488. The Morgan fingerprint density at radius 2 is 2.00 bits per heavy atom. The number of hydrogen-bond acceptors (Lipinski definition) is 5. The van der Waals surface area contributed by atoms with Crippen LogP contribution in [0.5, 0.6) is 0 Å². The Balaban J connectivity index is 1.15. The number of rotatable bonds is 5. The van der Waals surface area contributed by atoms with Crippen LogP contribution >= 0.6 is 0 Å². The molecule has 158 valence electrons. The monoisotopic (exact) mass is 412 g/mol. The van der Waals surface area contributed by atoms with E-state index >= 15 is 0 Å². The first-order valence-corrected chi connectivity index (χ1v) is 11.3. The summed E-state index contributed by atoms with van der Waals surface area (Å²) >= 11 is 0. The van der Waals surface area contributed by atoms with Gasteiger partial charge in [0.1, 0.15) is 0 Å². The van der Waals surface area contributed by atoms with Crippen molar-refractivity contribution in [1.29, 1.82) is 0 Å². The van der Waals surface area contributed by atoms with Gasteiger partial charge >= 0.3 is 0 Å². The highest BCUT2D eigenvalue weighted by Crippen LogP contribution is 2.49. The van der Waals surface area contributed by atoms with Gasteiger partial charge in [-0.3, -0.25) is 4.98 Å². The van der Waals surface area contributed by atoms with Crippen molar-refractivity contribution in [3.63, 3.8) is 0 Å². The highest BCUT2D eigenvalue weighted by atomic mass is 15.3. The molecule has 1 aliphatic heterocycles. The van der Waals surface area contributed by atoms with Gasteiger partial charge in [0.15, 0.2) is 0 Å². The summed E-state index contributed by atoms with van der Waals surface area (Å²) in [5, 5.41) is 9.42. The standard InChI is InChI=1S/C25H28N6/c1-17(2)14-30-15-25(16-30)11-20(12-25)28-24-27-13-23-21(7-9-31(23)29-24)18-5-6-22-19(10-18)4-3-8-26-22/h3-10,13,17,20H,11-12,14-16H2,1-2H3,(H,28,29). The lowest BCUT2D eigenvalue weighted by atomic mass is 9.60. The largest absolute Gasteiger partial charge is 0.350 e. The molecule has 0 unspecified atom stereocenters. The molecule has 1 saturated carbocycles. The normalized spacial score (nSPS) is 18.5. The van der Waals surface area contributed by atoms with E-state index in [2.05, 4.69) is 64.4 Å². The summed E-state index contributed by atoms with van der Waals surface area (Å²) in [4.78, 5) is 11.6. The predicted octanol–water partition coefficient (Wildman–Crippen LogP) is 4.48. The summed E-state index contributed by atoms with van der Waals surface area (Å²) in [6.07, 6.45) is 8.23. The van der Waals surface area contributed by atoms with Crippen molar-refractivity contribution >= 4 is 22.4 Å². The van der Waals surface area contributed by atoms with Gasteiger partial charge in [0.2, 0.25) is 5.95 Å². The molecule has 0 atom stereocenters. The van der Waals surface area contributed by atoms with E-state index in [9.17, 15) is 0 Å². The van der Waals surface area contributed by atoms with Gasteiger partial charge in [-0.05, 0) is 54.0 Å². The molecule has 6 rings (SSSR count). The molecule has 0 radical (unpaired) electrons. The number of nitrogens with one attached hydrogen (secondary N) is 1. The van der Waals surface area contributed by atoms with Gasteiger partial charge < -0.3 is 10.2 Å². The predicted molar refractivity (Wildman–Crippen MR) is 124 cm³/mol. The van der Waals surface area contributed by atoms with Crippen LogP contribution < -0.4 is 5.32 Å². The zero-order valence-corrected chi connectivity index (χ0v) is 18.1. The van der Waals surface area contributed by atoms with Gasteiger partial charge in [-0.2, -0.15) is 0 Å². The molecule has 2 aliphatic rings. The quantitative estimate of drug-likeness (QED) is 0.524. The van der Waals surface area contributed by atoms with E-state index in [0.717, 1.165) is 39.4 Å². The third kappa shape index (κ3) is 3.35. The van der Waals surface area contributed by atoms with E-state index in [4.69, 9.17) is 5.10 Å². The lowest BCUT2D eigenvalue weighted by molar-refractivity contribution is -0.0711. The van der Waals surface area contributed by atoms with E-state index in [1.165, 1.54) is 32.5 Å². The van der Waals surface area contributed by atoms with Crippen LogP contribution in [0.2, 0.25) is 0 Å². The van der Waals surface area contributed by atoms with Gasteiger partial charge in [0, 0.05) is 49.0 Å². The third-order valence-corrected chi connectivity index (χ3v) is 6.76. The summed E-state index contributed by atoms with van der Waals surface area (Å²) in [6, 6.07) is 13.0. The van der Waals surface area contributed by atoms with Gasteiger partial charge in [0.25, 0.3) is 0 Å². The Kier molecular flexibility index (Phi) is 4.25. The molecule has 4 aromatic rings. The van der Waals surface area contributed by atoms with Crippen LogP contribution in [0, 0.1) is 11.3 Å². The number of fused-ring (bicyclic) bond motifs is 2. The molecule has 2 fully saturated rings. The van der Waals surface area contributed by atoms with Gasteiger partial charge in [-0.25, -0.2) is 9.50 Å². The van der Waals surface area contributed by atoms with Crippen molar-refractivity contribution in [2.45, 2.75) is 32.7 Å². The molecule has 0 bridgehead atoms. The van der Waals surface area contributed by atoms with Crippen LogP contribution in [0.3, 0.4) is 0 Å². The van der Waals surface area contributed by atoms with Crippen molar-refractivity contribution in [2.24, 2.45) is 11.3 Å². The molecule has 1 spiro atoms. The van der Waals surface area contributed by atoms with Gasteiger partial charge in [-0.15, -0.1) is 5.10 Å². The maximum Gasteiger partial charge on any atom is 0.241 e. The zero-order chi connectivity index (χ0) is 21.0. The van der Waals surface area contributed by atoms with Crippen LogP contribution in [-0.2, 0) is 0 Å². The average molecular weight is 413 g/mol. The van der Waals surface area contributed by atoms with Gasteiger partial charge in [-0.1, -0.05) is 26.0 Å². The SMILES string of the molecule is CC(C)CN1CC2(CC(Nc3ncc4c(-c5ccc6ncccc6c5)ccn4n3)C2)C1. The van der Waals surface area contributed by atoms with E-state index in [-0.39, 0.29) is 0 Å². The van der Waals surface area contributed by atoms with E-state index in [0.29, 0.717) is 11.5 Å². The molecular weight excluding hydrogens is 384 g/mol. The van der Waals surface area contributed by atoms with E-state index in [1.807, 2.05) is 29.2 Å². The fourth-order valence-corrected chi connectivity index (χ4v) is 5.53. The maximum atomic E-state index is 4.72. The molecule has 3 aromatic heterocycles. The van der Waals surface area contributed by atoms with Crippen molar-refractivity contribution in [3.05, 3.63) is 55.0 Å². The maximum absolute atomic E-state index is 4.72. The Morgan fingerprint density at radius 1 is 1.13 bits per heavy atom. The first-order chi connectivity index (χ1) is 15.1. The van der Waals surface area contributed by atoms with Crippen LogP contribution in [0.4, 0.5) is 5.95 Å². The Bertz CT molecular complexity index is 1250. The van der Waals surface area contributed by atoms with Gasteiger partial charge in [0.05, 0.1) is 17.2 Å². The molecule has 0 amide bonds. The fraction of sp³-hybridized carbons (Fsp3) is 0.400. The molecule has 6 heteroatoms. The molecule has 1 saturated heterocycles. The average Bonchev–Trinajstić information content (AvgIpc) is 3.13. The second-order valence-electron chi connectivity index (χ2n) is 9.86. The fourth-order valence-electron chi connectivity index (χ4n) is 5.53. The summed E-state index contributed by atoms with van der Waals surface area (Å²) < 4.78 is 1.93. The lowest BCUT2D eigenvalue weighted by Crippen LogP contribution is -2.65. The molecule has 31 heavy (non-hydrogen) atoms. The van der Waals surface area contributed by atoms with Crippen molar-refractivity contribution in [1.82, 2.24) is 24.5 Å². The Labute approximate surface area is 182 Å². The number of hydrogen-bond donors (Lipinski definition) is 1. The number of likely N-dealkylation sites (tertiary alicyclic amines) is 1. The highest BCUT2D eigenvalue weighted by Gasteiger charge is 2.52. The van der Waals surface area contributed by atoms with Crippen molar-refractivity contribution < 1.29 is 0 Å². The molecule has 1 aliphatic carbocycles. The Hall–Kier alpha value is -2.99. The van der Waals surface area contributed by atoms with Crippen LogP contribution in [0.15, 0.2) is 55.0 Å². The van der Waals surface area contributed by atoms with Crippen LogP contribution in [0.1, 0.15) is 26.7 Å². The number of aromatic nitrogens is 4. The van der Waals surface area contributed by atoms with Crippen molar-refractivity contribution in [3.8, 4) is 11.1 Å². The lowest BCUT2D eigenvalue weighted by Gasteiger charge is -2.59. The Morgan fingerprint density at radius 3 is 2.84 bits per heavy atom. The summed E-state index contributed by atoms with van der Waals surface area (Å²) in [6.45, 7) is 8.33. The second kappa shape index (κ2) is 7.02. The zero-order valence-electron chi connectivity index (χ0n) is 18.1. The summed E-state index contributed by atoms with van der Waals surface area (Å²) in [5.74, 6) is 1.47. The van der Waals surface area contributed by atoms with Crippen LogP contribution in [-0.4, -0.2) is 50.2 Å². The summed E-state index contributed by atoms with van der Waals surface area (Å²) in [7, 11) is 0. The first kappa shape index (κ1) is 18.8. The highest BCUT2D eigenvalue weighted by molar-refractivity contribution is 5.88. The molecule has 1 N–H and O–H groups in total. The third-order valence-electron chi connectivity index (χ3n) is 6.76. The number of nitrogens with zero attached hydrogens (tertiary/aromatic N) is 5. The van der Waals surface area contributed by atoms with E-state index < -0.39 is 0 Å². The number of benzene rings is 1.